The first-order chi connectivity index (χ1) is 17.3. The zero-order valence-corrected chi connectivity index (χ0v) is 20.5. The fourth-order valence-corrected chi connectivity index (χ4v) is 3.71. The van der Waals surface area contributed by atoms with Crippen LogP contribution in [0.4, 0.5) is 5.95 Å². The Labute approximate surface area is 206 Å². The van der Waals surface area contributed by atoms with Crippen LogP contribution in [0.3, 0.4) is 0 Å². The number of hydrogen-bond acceptors (Lipinski definition) is 8. The third-order valence-electron chi connectivity index (χ3n) is 5.76. The Morgan fingerprint density at radius 3 is 2.42 bits per heavy atom. The molecule has 11 heteroatoms. The second-order valence-electron chi connectivity index (χ2n) is 8.24. The summed E-state index contributed by atoms with van der Waals surface area (Å²) in [6.07, 6.45) is -0.975. The molecule has 0 radical (unpaired) electrons. The van der Waals surface area contributed by atoms with Crippen molar-refractivity contribution in [2.24, 2.45) is 19.2 Å². The Kier molecular flexibility index (Phi) is 7.20. The van der Waals surface area contributed by atoms with E-state index in [4.69, 9.17) is 9.47 Å². The molecule has 1 atom stereocenters. The molecule has 188 valence electrons. The minimum Gasteiger partial charge on any atom is -0.497 e. The number of imidazole rings is 1. The van der Waals surface area contributed by atoms with E-state index in [0.717, 1.165) is 15.9 Å². The van der Waals surface area contributed by atoms with Crippen LogP contribution in [-0.2, 0) is 20.6 Å². The number of nitrogens with zero attached hydrogens (tertiary/aromatic N) is 5. The van der Waals surface area contributed by atoms with Crippen LogP contribution in [0, 0.1) is 0 Å². The predicted octanol–water partition coefficient (Wildman–Crippen LogP) is 1.72. The minimum atomic E-state index is -0.975. The van der Waals surface area contributed by atoms with Gasteiger partial charge in [-0.25, -0.2) is 10.2 Å². The van der Waals surface area contributed by atoms with Gasteiger partial charge in [-0.05, 0) is 48.9 Å². The average molecular weight is 493 g/mol. The lowest BCUT2D eigenvalue weighted by atomic mass is 10.1. The molecular formula is C25H28N6O5. The van der Waals surface area contributed by atoms with Crippen LogP contribution >= 0.6 is 0 Å². The lowest BCUT2D eigenvalue weighted by Crippen LogP contribution is -2.38. The second-order valence-corrected chi connectivity index (χ2v) is 8.24. The molecule has 0 spiro atoms. The van der Waals surface area contributed by atoms with Crippen LogP contribution in [0.2, 0.25) is 0 Å². The van der Waals surface area contributed by atoms with E-state index in [2.05, 4.69) is 15.5 Å². The van der Waals surface area contributed by atoms with Crippen LogP contribution in [0.5, 0.6) is 11.5 Å². The molecule has 2 aromatic heterocycles. The number of rotatable bonds is 9. The number of anilines is 1. The number of aromatic nitrogens is 4. The number of benzene rings is 2. The molecule has 2 aromatic carbocycles. The molecule has 0 saturated heterocycles. The van der Waals surface area contributed by atoms with E-state index < -0.39 is 17.4 Å². The summed E-state index contributed by atoms with van der Waals surface area (Å²) in [5.41, 5.74) is 3.72. The zero-order valence-electron chi connectivity index (χ0n) is 20.5. The van der Waals surface area contributed by atoms with Gasteiger partial charge in [0.15, 0.2) is 11.2 Å². The predicted molar refractivity (Wildman–Crippen MR) is 137 cm³/mol. The average Bonchev–Trinajstić information content (AvgIpc) is 3.26. The summed E-state index contributed by atoms with van der Waals surface area (Å²) in [5.74, 6) is 1.54. The van der Waals surface area contributed by atoms with Crippen molar-refractivity contribution in [1.29, 1.82) is 0 Å². The summed E-state index contributed by atoms with van der Waals surface area (Å²) in [6, 6.07) is 16.5. The third kappa shape index (κ3) is 5.01. The van der Waals surface area contributed by atoms with Crippen molar-refractivity contribution in [2.75, 3.05) is 19.1 Å². The highest BCUT2D eigenvalue weighted by molar-refractivity contribution is 5.99. The maximum absolute atomic E-state index is 13.0. The Balaban J connectivity index is 1.68. The monoisotopic (exact) mass is 492 g/mol. The van der Waals surface area contributed by atoms with E-state index in [9.17, 15) is 14.7 Å². The van der Waals surface area contributed by atoms with Gasteiger partial charge in [-0.1, -0.05) is 18.2 Å². The zero-order chi connectivity index (χ0) is 25.8. The number of nitrogens with one attached hydrogen (secondary N) is 1. The lowest BCUT2D eigenvalue weighted by molar-refractivity contribution is 0.0938. The van der Waals surface area contributed by atoms with Crippen molar-refractivity contribution in [1.82, 2.24) is 18.7 Å². The number of aryl methyl sites for hydroxylation is 1. The molecular weight excluding hydrogens is 464 g/mol. The molecule has 0 saturated carbocycles. The summed E-state index contributed by atoms with van der Waals surface area (Å²) in [4.78, 5) is 29.9. The van der Waals surface area contributed by atoms with E-state index in [0.29, 0.717) is 11.5 Å². The molecule has 0 aliphatic heterocycles. The number of methoxy groups -OCH3 is 1. The van der Waals surface area contributed by atoms with Crippen LogP contribution in [0.1, 0.15) is 12.5 Å². The molecule has 36 heavy (non-hydrogen) atoms. The van der Waals surface area contributed by atoms with Gasteiger partial charge < -0.3 is 19.1 Å². The van der Waals surface area contributed by atoms with Gasteiger partial charge in [-0.15, -0.1) is 0 Å². The summed E-state index contributed by atoms with van der Waals surface area (Å²) >= 11 is 0. The smallest absolute Gasteiger partial charge is 0.332 e. The molecule has 4 aromatic rings. The number of aliphatic hydroxyl groups is 1. The van der Waals surface area contributed by atoms with Crippen molar-refractivity contribution in [3.8, 4) is 11.5 Å². The van der Waals surface area contributed by atoms with E-state index in [1.807, 2.05) is 49.4 Å². The molecule has 0 bridgehead atoms. The first-order valence-electron chi connectivity index (χ1n) is 11.3. The Bertz CT molecular complexity index is 1500. The molecule has 0 aliphatic carbocycles. The van der Waals surface area contributed by atoms with Gasteiger partial charge in [0, 0.05) is 14.1 Å². The summed E-state index contributed by atoms with van der Waals surface area (Å²) in [5, 5.41) is 15.1. The minimum absolute atomic E-state index is 0.0106. The van der Waals surface area contributed by atoms with E-state index in [-0.39, 0.29) is 30.3 Å². The van der Waals surface area contributed by atoms with Gasteiger partial charge in [0.2, 0.25) is 5.95 Å². The third-order valence-corrected chi connectivity index (χ3v) is 5.76. The summed E-state index contributed by atoms with van der Waals surface area (Å²) in [7, 11) is 4.53. The number of hydrazone groups is 1. The highest BCUT2D eigenvalue weighted by Crippen LogP contribution is 2.18. The number of para-hydroxylation sites is 1. The van der Waals surface area contributed by atoms with Crippen molar-refractivity contribution in [2.45, 2.75) is 19.6 Å². The fourth-order valence-electron chi connectivity index (χ4n) is 3.71. The van der Waals surface area contributed by atoms with Gasteiger partial charge in [0.1, 0.15) is 24.2 Å². The van der Waals surface area contributed by atoms with Crippen LogP contribution < -0.4 is 26.1 Å². The molecule has 2 heterocycles. The maximum atomic E-state index is 13.0. The number of fused-ring (bicyclic) bond motifs is 1. The van der Waals surface area contributed by atoms with Crippen molar-refractivity contribution in [3.63, 3.8) is 0 Å². The van der Waals surface area contributed by atoms with Gasteiger partial charge in [0.05, 0.1) is 19.4 Å². The maximum Gasteiger partial charge on any atom is 0.332 e. The summed E-state index contributed by atoms with van der Waals surface area (Å²) in [6.45, 7) is 1.79. The molecule has 1 unspecified atom stereocenters. The normalized spacial score (nSPS) is 12.5. The molecule has 0 aliphatic rings. The molecule has 0 amide bonds. The van der Waals surface area contributed by atoms with Crippen molar-refractivity contribution in [3.05, 3.63) is 81.0 Å². The number of hydrogen-bond donors (Lipinski definition) is 2. The Morgan fingerprint density at radius 1 is 1.06 bits per heavy atom. The van der Waals surface area contributed by atoms with Gasteiger partial charge in [-0.2, -0.15) is 10.1 Å². The first-order valence-corrected chi connectivity index (χ1v) is 11.3. The highest BCUT2D eigenvalue weighted by atomic mass is 16.5. The standard InChI is InChI=1S/C25H28N6O5/c1-16(17-10-12-19(35-4)13-11-17)27-28-24-26-22-21(23(33)30(3)25(34)29(22)2)31(24)14-18(32)15-36-20-8-6-5-7-9-20/h5-13,18,32H,14-15H2,1-4H3,(H,26,28). The van der Waals surface area contributed by atoms with E-state index in [1.165, 1.54) is 23.2 Å². The fraction of sp³-hybridized carbons (Fsp3) is 0.280. The van der Waals surface area contributed by atoms with Crippen LogP contribution in [0.25, 0.3) is 11.2 Å². The largest absolute Gasteiger partial charge is 0.497 e. The number of aliphatic hydroxyl groups excluding tert-OH is 1. The van der Waals surface area contributed by atoms with Gasteiger partial charge >= 0.3 is 5.69 Å². The lowest BCUT2D eigenvalue weighted by Gasteiger charge is -2.15. The topological polar surface area (TPSA) is 125 Å². The molecule has 0 fully saturated rings. The number of ether oxygens (including phenoxy) is 2. The molecule has 11 nitrogen and oxygen atoms in total. The van der Waals surface area contributed by atoms with Gasteiger partial charge in [-0.3, -0.25) is 13.9 Å². The van der Waals surface area contributed by atoms with Crippen LogP contribution in [-0.4, -0.2) is 49.3 Å². The quantitative estimate of drug-likeness (QED) is 0.269. The molecule has 4 rings (SSSR count). The van der Waals surface area contributed by atoms with Crippen molar-refractivity contribution >= 4 is 22.8 Å². The van der Waals surface area contributed by atoms with Crippen LogP contribution in [0.15, 0.2) is 69.3 Å². The van der Waals surface area contributed by atoms with Gasteiger partial charge in [0.25, 0.3) is 5.56 Å². The highest BCUT2D eigenvalue weighted by Gasteiger charge is 2.21. The van der Waals surface area contributed by atoms with Crippen molar-refractivity contribution < 1.29 is 14.6 Å². The molecule has 2 N–H and O–H groups in total. The Hall–Kier alpha value is -4.38. The van der Waals surface area contributed by atoms with E-state index >= 15 is 0 Å². The first kappa shape index (κ1) is 24.7. The van der Waals surface area contributed by atoms with E-state index in [1.54, 1.807) is 19.2 Å². The Morgan fingerprint density at radius 2 is 1.75 bits per heavy atom. The second kappa shape index (κ2) is 10.5. The summed E-state index contributed by atoms with van der Waals surface area (Å²) < 4.78 is 14.7. The SMILES string of the molecule is COc1ccc(C(C)=NNc2nc3c(c(=O)n(C)c(=O)n3C)n2CC(O)COc2ccccc2)cc1.